The molecular formula is C12H13BrN2O3S. The zero-order chi connectivity index (χ0) is 14.2. The van der Waals surface area contributed by atoms with Gasteiger partial charge in [0.05, 0.1) is 18.0 Å². The van der Waals surface area contributed by atoms with Crippen molar-refractivity contribution < 1.29 is 13.5 Å². The second kappa shape index (κ2) is 5.07. The van der Waals surface area contributed by atoms with Crippen molar-refractivity contribution in [2.24, 2.45) is 0 Å². The van der Waals surface area contributed by atoms with Crippen molar-refractivity contribution in [3.63, 3.8) is 0 Å². The fraction of sp³-hybridized carbons (Fsp3) is 0.250. The molecule has 1 atom stereocenters. The summed E-state index contributed by atoms with van der Waals surface area (Å²) in [6.45, 7) is 1.68. The first-order valence-electron chi connectivity index (χ1n) is 5.51. The van der Waals surface area contributed by atoms with Gasteiger partial charge >= 0.3 is 0 Å². The Labute approximate surface area is 119 Å². The number of sulfone groups is 1. The van der Waals surface area contributed by atoms with E-state index in [2.05, 4.69) is 21.0 Å². The smallest absolute Gasteiger partial charge is 0.178 e. The van der Waals surface area contributed by atoms with Crippen LogP contribution < -0.4 is 0 Å². The SMILES string of the molecule is CC(O)c1ccc(-n2cc(S(C)(=O)=O)cn2)c(Br)c1. The highest BCUT2D eigenvalue weighted by atomic mass is 79.9. The summed E-state index contributed by atoms with van der Waals surface area (Å²) >= 11 is 3.39. The van der Waals surface area contributed by atoms with E-state index in [1.165, 1.54) is 17.1 Å². The Morgan fingerprint density at radius 1 is 1.42 bits per heavy atom. The molecular weight excluding hydrogens is 332 g/mol. The molecule has 0 aliphatic rings. The van der Waals surface area contributed by atoms with Crippen molar-refractivity contribution in [3.05, 3.63) is 40.6 Å². The summed E-state index contributed by atoms with van der Waals surface area (Å²) in [5.41, 5.74) is 1.48. The maximum atomic E-state index is 11.4. The number of aliphatic hydroxyl groups is 1. The minimum atomic E-state index is -3.26. The van der Waals surface area contributed by atoms with Crippen molar-refractivity contribution in [2.75, 3.05) is 6.26 Å². The van der Waals surface area contributed by atoms with E-state index in [1.807, 2.05) is 0 Å². The van der Waals surface area contributed by atoms with Gasteiger partial charge in [0, 0.05) is 16.9 Å². The Bertz CT molecular complexity index is 708. The summed E-state index contributed by atoms with van der Waals surface area (Å²) in [6, 6.07) is 5.32. The molecule has 2 aromatic rings. The second-order valence-corrected chi connectivity index (χ2v) is 7.15. The van der Waals surface area contributed by atoms with Gasteiger partial charge in [-0.3, -0.25) is 0 Å². The molecule has 102 valence electrons. The quantitative estimate of drug-likeness (QED) is 0.925. The largest absolute Gasteiger partial charge is 0.389 e. The van der Waals surface area contributed by atoms with Crippen molar-refractivity contribution >= 4 is 25.8 Å². The predicted octanol–water partition coefficient (Wildman–Crippen LogP) is 2.09. The van der Waals surface area contributed by atoms with Crippen LogP contribution in [0.1, 0.15) is 18.6 Å². The monoisotopic (exact) mass is 344 g/mol. The summed E-state index contributed by atoms with van der Waals surface area (Å²) in [5.74, 6) is 0. The topological polar surface area (TPSA) is 72.2 Å². The number of rotatable bonds is 3. The molecule has 0 aliphatic heterocycles. The highest BCUT2D eigenvalue weighted by Gasteiger charge is 2.13. The van der Waals surface area contributed by atoms with Crippen LogP contribution in [0.15, 0.2) is 40.0 Å². The van der Waals surface area contributed by atoms with Gasteiger partial charge in [0.25, 0.3) is 0 Å². The lowest BCUT2D eigenvalue weighted by molar-refractivity contribution is 0.199. The van der Waals surface area contributed by atoms with Crippen LogP contribution in [-0.4, -0.2) is 29.6 Å². The van der Waals surface area contributed by atoms with Gasteiger partial charge in [-0.05, 0) is 40.5 Å². The van der Waals surface area contributed by atoms with Crippen molar-refractivity contribution in [2.45, 2.75) is 17.9 Å². The van der Waals surface area contributed by atoms with Crippen LogP contribution in [0.5, 0.6) is 0 Å². The number of aromatic nitrogens is 2. The van der Waals surface area contributed by atoms with Gasteiger partial charge in [0.1, 0.15) is 4.90 Å². The summed E-state index contributed by atoms with van der Waals surface area (Å²) in [6.07, 6.45) is 3.34. The second-order valence-electron chi connectivity index (χ2n) is 4.28. The lowest BCUT2D eigenvalue weighted by atomic mass is 10.1. The summed E-state index contributed by atoms with van der Waals surface area (Å²) in [5, 5.41) is 13.5. The van der Waals surface area contributed by atoms with Crippen LogP contribution >= 0.6 is 15.9 Å². The highest BCUT2D eigenvalue weighted by molar-refractivity contribution is 9.10. The lowest BCUT2D eigenvalue weighted by Crippen LogP contribution is -1.99. The molecule has 1 unspecified atom stereocenters. The van der Waals surface area contributed by atoms with Crippen molar-refractivity contribution in [1.29, 1.82) is 0 Å². The normalized spacial score (nSPS) is 13.5. The van der Waals surface area contributed by atoms with Crippen LogP contribution in [0.3, 0.4) is 0 Å². The first-order chi connectivity index (χ1) is 8.79. The highest BCUT2D eigenvalue weighted by Crippen LogP contribution is 2.25. The van der Waals surface area contributed by atoms with Gasteiger partial charge in [-0.2, -0.15) is 5.10 Å². The minimum absolute atomic E-state index is 0.166. The van der Waals surface area contributed by atoms with E-state index in [4.69, 9.17) is 0 Å². The number of hydrogen-bond donors (Lipinski definition) is 1. The van der Waals surface area contributed by atoms with E-state index >= 15 is 0 Å². The van der Waals surface area contributed by atoms with Gasteiger partial charge in [0.2, 0.25) is 0 Å². The van der Waals surface area contributed by atoms with Crippen molar-refractivity contribution in [3.8, 4) is 5.69 Å². The first-order valence-corrected chi connectivity index (χ1v) is 8.20. The van der Waals surface area contributed by atoms with Gasteiger partial charge in [0.15, 0.2) is 9.84 Å². The Kier molecular flexibility index (Phi) is 3.80. The molecule has 19 heavy (non-hydrogen) atoms. The van der Waals surface area contributed by atoms with Crippen LogP contribution in [-0.2, 0) is 9.84 Å². The lowest BCUT2D eigenvalue weighted by Gasteiger charge is -2.09. The van der Waals surface area contributed by atoms with E-state index in [0.29, 0.717) is 5.69 Å². The molecule has 5 nitrogen and oxygen atoms in total. The molecule has 0 bridgehead atoms. The van der Waals surface area contributed by atoms with Crippen LogP contribution in [0.2, 0.25) is 0 Å². The Balaban J connectivity index is 2.45. The molecule has 0 aliphatic carbocycles. The van der Waals surface area contributed by atoms with Gasteiger partial charge in [-0.1, -0.05) is 6.07 Å². The fourth-order valence-corrected chi connectivity index (χ4v) is 2.71. The molecule has 0 saturated carbocycles. The third kappa shape index (κ3) is 3.05. The summed E-state index contributed by atoms with van der Waals surface area (Å²) in [4.78, 5) is 0.166. The van der Waals surface area contributed by atoms with Crippen LogP contribution in [0, 0.1) is 0 Å². The summed E-state index contributed by atoms with van der Waals surface area (Å²) < 4.78 is 25.0. The molecule has 0 radical (unpaired) electrons. The maximum absolute atomic E-state index is 11.4. The van der Waals surface area contributed by atoms with E-state index in [0.717, 1.165) is 16.3 Å². The minimum Gasteiger partial charge on any atom is -0.389 e. The van der Waals surface area contributed by atoms with E-state index < -0.39 is 15.9 Å². The Morgan fingerprint density at radius 2 is 2.11 bits per heavy atom. The van der Waals surface area contributed by atoms with Gasteiger partial charge in [-0.15, -0.1) is 0 Å². The molecule has 0 spiro atoms. The molecule has 0 amide bonds. The number of aliphatic hydroxyl groups excluding tert-OH is 1. The molecule has 2 rings (SSSR count). The molecule has 0 saturated heterocycles. The molecule has 1 heterocycles. The fourth-order valence-electron chi connectivity index (χ4n) is 1.60. The molecule has 0 fully saturated rings. The first kappa shape index (κ1) is 14.2. The third-order valence-electron chi connectivity index (χ3n) is 2.69. The third-order valence-corrected chi connectivity index (χ3v) is 4.39. The Morgan fingerprint density at radius 3 is 2.58 bits per heavy atom. The average Bonchev–Trinajstić information content (AvgIpc) is 2.77. The van der Waals surface area contributed by atoms with E-state index in [-0.39, 0.29) is 4.90 Å². The van der Waals surface area contributed by atoms with Crippen LogP contribution in [0.4, 0.5) is 0 Å². The molecule has 1 N–H and O–H groups in total. The van der Waals surface area contributed by atoms with E-state index in [9.17, 15) is 13.5 Å². The van der Waals surface area contributed by atoms with Crippen molar-refractivity contribution in [1.82, 2.24) is 9.78 Å². The number of hydrogen-bond acceptors (Lipinski definition) is 4. The average molecular weight is 345 g/mol. The maximum Gasteiger partial charge on any atom is 0.178 e. The number of benzene rings is 1. The van der Waals surface area contributed by atoms with Gasteiger partial charge in [-0.25, -0.2) is 13.1 Å². The van der Waals surface area contributed by atoms with E-state index in [1.54, 1.807) is 25.1 Å². The molecule has 7 heteroatoms. The zero-order valence-electron chi connectivity index (χ0n) is 10.4. The van der Waals surface area contributed by atoms with Crippen LogP contribution in [0.25, 0.3) is 5.69 Å². The predicted molar refractivity (Wildman–Crippen MR) is 75.0 cm³/mol. The zero-order valence-corrected chi connectivity index (χ0v) is 12.8. The Hall–Kier alpha value is -1.18. The van der Waals surface area contributed by atoms with Gasteiger partial charge < -0.3 is 5.11 Å². The number of nitrogens with zero attached hydrogens (tertiary/aromatic N) is 2. The number of halogens is 1. The molecule has 1 aromatic heterocycles. The standard InChI is InChI=1S/C12H13BrN2O3S/c1-8(16)9-3-4-12(11(13)5-9)15-7-10(6-14-15)19(2,17)18/h3-8,16H,1-2H3. The molecule has 1 aromatic carbocycles. The summed E-state index contributed by atoms with van der Waals surface area (Å²) in [7, 11) is -3.26.